The number of aryl methyl sites for hydroxylation is 1. The maximum absolute atomic E-state index is 13.7. The number of carboxylic acids is 1. The van der Waals surface area contributed by atoms with E-state index in [-0.39, 0.29) is 33.2 Å². The Bertz CT molecular complexity index is 1670. The Kier molecular flexibility index (Phi) is 5.06. The minimum absolute atomic E-state index is 0.00913. The van der Waals surface area contributed by atoms with E-state index in [9.17, 15) is 18.3 Å². The summed E-state index contributed by atoms with van der Waals surface area (Å²) in [6.45, 7) is 2.05. The lowest BCUT2D eigenvalue weighted by Gasteiger charge is -2.10. The van der Waals surface area contributed by atoms with Gasteiger partial charge in [0.2, 0.25) is 9.84 Å². The number of nitrogen functional groups attached to an aromatic ring is 1. The van der Waals surface area contributed by atoms with Gasteiger partial charge in [0.15, 0.2) is 5.65 Å². The highest BCUT2D eigenvalue weighted by molar-refractivity contribution is 7.92. The highest BCUT2D eigenvalue weighted by Crippen LogP contribution is 2.35. The summed E-state index contributed by atoms with van der Waals surface area (Å²) in [6.07, 6.45) is 0. The van der Waals surface area contributed by atoms with E-state index >= 15 is 0 Å². The van der Waals surface area contributed by atoms with E-state index in [1.54, 1.807) is 59.2 Å². The van der Waals surface area contributed by atoms with Crippen LogP contribution in [0, 0.1) is 6.92 Å². The summed E-state index contributed by atoms with van der Waals surface area (Å²) in [5, 5.41) is 11.1. The van der Waals surface area contributed by atoms with Gasteiger partial charge in [0.25, 0.3) is 0 Å². The topological polar surface area (TPSA) is 131 Å². The molecule has 0 fully saturated rings. The van der Waals surface area contributed by atoms with Gasteiger partial charge in [-0.15, -0.1) is 0 Å². The third kappa shape index (κ3) is 3.56. The predicted molar refractivity (Wildman–Crippen MR) is 126 cm³/mol. The van der Waals surface area contributed by atoms with Gasteiger partial charge in [-0.2, -0.15) is 0 Å². The van der Waals surface area contributed by atoms with Gasteiger partial charge in [-0.25, -0.2) is 18.4 Å². The molecule has 2 heterocycles. The molecule has 0 unspecified atom stereocenters. The minimum atomic E-state index is -4.01. The second kappa shape index (κ2) is 7.96. The highest BCUT2D eigenvalue weighted by atomic mass is 32.2. The number of hydrogen-bond donors (Lipinski definition) is 1. The Morgan fingerprint density at radius 2 is 1.56 bits per heavy atom. The number of carboxylic acid groups (broad SMARTS) is 1. The maximum atomic E-state index is 13.7. The summed E-state index contributed by atoms with van der Waals surface area (Å²) in [4.78, 5) is 20.4. The number of sulfone groups is 1. The van der Waals surface area contributed by atoms with Crippen molar-refractivity contribution < 1.29 is 18.3 Å². The number of carbonyl (C=O) groups is 1. The average Bonchev–Trinajstić information content (AvgIpc) is 3.09. The third-order valence-electron chi connectivity index (χ3n) is 5.68. The fraction of sp³-hybridized carbons (Fsp3) is 0.0800. The standard InChI is InChI=1S/C25H20N4O4S/c1-15-6-12-18(13-7-15)34(32,33)22-21-24(28-20-5-3-2-4-19(20)27-21)29(23(22)26)14-16-8-10-17(11-9-16)25(30)31/h2-13H,14,26H2,1H3,(H,30,31)/p-1. The monoisotopic (exact) mass is 471 g/mol. The number of para-hydroxylation sites is 2. The molecule has 0 aliphatic carbocycles. The smallest absolute Gasteiger partial charge is 0.212 e. The minimum Gasteiger partial charge on any atom is -0.545 e. The summed E-state index contributed by atoms with van der Waals surface area (Å²) in [7, 11) is -4.01. The molecule has 0 saturated heterocycles. The van der Waals surface area contributed by atoms with Crippen molar-refractivity contribution >= 4 is 43.8 Å². The summed E-state index contributed by atoms with van der Waals surface area (Å²) in [6, 6.07) is 19.8. The van der Waals surface area contributed by atoms with Gasteiger partial charge in [-0.05, 0) is 42.3 Å². The van der Waals surface area contributed by atoms with Gasteiger partial charge in [0.05, 0.1) is 28.4 Å². The molecule has 0 saturated carbocycles. The number of anilines is 1. The first kappa shape index (κ1) is 21.6. The van der Waals surface area contributed by atoms with Crippen LogP contribution in [0.2, 0.25) is 0 Å². The molecule has 5 rings (SSSR count). The molecule has 0 amide bonds. The first-order valence-corrected chi connectivity index (χ1v) is 11.9. The molecule has 0 radical (unpaired) electrons. The molecule has 0 bridgehead atoms. The summed E-state index contributed by atoms with van der Waals surface area (Å²) >= 11 is 0. The SMILES string of the molecule is Cc1ccc(S(=O)(=O)c2c(N)n(Cc3ccc(C(=O)[O-])cc3)c3nc4ccccc4nc23)cc1. The van der Waals surface area contributed by atoms with Gasteiger partial charge < -0.3 is 20.2 Å². The van der Waals surface area contributed by atoms with E-state index in [0.29, 0.717) is 22.2 Å². The van der Waals surface area contributed by atoms with Gasteiger partial charge in [0.1, 0.15) is 16.2 Å². The van der Waals surface area contributed by atoms with Crippen molar-refractivity contribution in [3.63, 3.8) is 0 Å². The van der Waals surface area contributed by atoms with E-state index in [1.165, 1.54) is 12.1 Å². The van der Waals surface area contributed by atoms with Crippen molar-refractivity contribution in [2.24, 2.45) is 0 Å². The quantitative estimate of drug-likeness (QED) is 0.417. The highest BCUT2D eigenvalue weighted by Gasteiger charge is 2.30. The molecule has 170 valence electrons. The molecule has 2 aromatic heterocycles. The van der Waals surface area contributed by atoms with Crippen molar-refractivity contribution in [2.75, 3.05) is 5.73 Å². The lowest BCUT2D eigenvalue weighted by Crippen LogP contribution is -2.22. The van der Waals surface area contributed by atoms with Crippen LogP contribution in [-0.2, 0) is 16.4 Å². The number of rotatable bonds is 5. The molecule has 3 aromatic carbocycles. The van der Waals surface area contributed by atoms with Crippen LogP contribution < -0.4 is 10.8 Å². The summed E-state index contributed by atoms with van der Waals surface area (Å²) in [5.74, 6) is -1.27. The van der Waals surface area contributed by atoms with Crippen LogP contribution in [0.15, 0.2) is 82.6 Å². The van der Waals surface area contributed by atoms with Gasteiger partial charge in [-0.1, -0.05) is 54.1 Å². The Hall–Kier alpha value is -4.24. The Morgan fingerprint density at radius 3 is 2.18 bits per heavy atom. The molecule has 2 N–H and O–H groups in total. The number of aromatic carboxylic acids is 1. The zero-order valence-electron chi connectivity index (χ0n) is 18.1. The summed E-state index contributed by atoms with van der Waals surface area (Å²) in [5.41, 5.74) is 9.80. The second-order valence-electron chi connectivity index (χ2n) is 7.99. The van der Waals surface area contributed by atoms with Gasteiger partial charge in [0, 0.05) is 0 Å². The molecular weight excluding hydrogens is 452 g/mol. The number of nitrogens with zero attached hydrogens (tertiary/aromatic N) is 3. The fourth-order valence-electron chi connectivity index (χ4n) is 3.88. The van der Waals surface area contributed by atoms with E-state index in [1.807, 2.05) is 13.0 Å². The number of fused-ring (bicyclic) bond motifs is 2. The van der Waals surface area contributed by atoms with Crippen molar-refractivity contribution in [3.05, 3.63) is 89.5 Å². The van der Waals surface area contributed by atoms with Gasteiger partial charge in [-0.3, -0.25) is 0 Å². The number of aromatic nitrogens is 3. The molecule has 0 aliphatic rings. The van der Waals surface area contributed by atoms with Gasteiger partial charge >= 0.3 is 0 Å². The molecule has 5 aromatic rings. The fourth-order valence-corrected chi connectivity index (χ4v) is 5.39. The largest absolute Gasteiger partial charge is 0.545 e. The van der Waals surface area contributed by atoms with Crippen molar-refractivity contribution in [1.29, 1.82) is 0 Å². The van der Waals surface area contributed by atoms with Crippen LogP contribution in [0.5, 0.6) is 0 Å². The first-order chi connectivity index (χ1) is 16.3. The number of benzene rings is 3. The van der Waals surface area contributed by atoms with E-state index in [2.05, 4.69) is 9.97 Å². The van der Waals surface area contributed by atoms with Crippen LogP contribution >= 0.6 is 0 Å². The molecule has 0 spiro atoms. The van der Waals surface area contributed by atoms with Crippen LogP contribution in [0.4, 0.5) is 5.82 Å². The van der Waals surface area contributed by atoms with Crippen molar-refractivity contribution in [3.8, 4) is 0 Å². The Labute approximate surface area is 195 Å². The third-order valence-corrected chi connectivity index (χ3v) is 7.51. The first-order valence-electron chi connectivity index (χ1n) is 10.4. The van der Waals surface area contributed by atoms with Crippen LogP contribution in [0.3, 0.4) is 0 Å². The number of nitrogens with two attached hydrogens (primary N) is 1. The summed E-state index contributed by atoms with van der Waals surface area (Å²) < 4.78 is 28.9. The van der Waals surface area contributed by atoms with Crippen LogP contribution in [0.1, 0.15) is 21.5 Å². The maximum Gasteiger partial charge on any atom is 0.212 e. The lowest BCUT2D eigenvalue weighted by molar-refractivity contribution is -0.255. The molecule has 34 heavy (non-hydrogen) atoms. The number of hydrogen-bond acceptors (Lipinski definition) is 7. The zero-order chi connectivity index (χ0) is 24.0. The molecule has 8 nitrogen and oxygen atoms in total. The van der Waals surface area contributed by atoms with Crippen molar-refractivity contribution in [2.45, 2.75) is 23.3 Å². The Balaban J connectivity index is 1.75. The van der Waals surface area contributed by atoms with Crippen LogP contribution in [0.25, 0.3) is 22.2 Å². The normalized spacial score (nSPS) is 11.8. The number of carbonyl (C=O) groups excluding carboxylic acids is 1. The zero-order valence-corrected chi connectivity index (χ0v) is 18.9. The average molecular weight is 472 g/mol. The van der Waals surface area contributed by atoms with E-state index in [0.717, 1.165) is 5.56 Å². The molecular formula is C25H19N4O4S-. The Morgan fingerprint density at radius 1 is 0.941 bits per heavy atom. The molecule has 0 atom stereocenters. The predicted octanol–water partition coefficient (Wildman–Crippen LogP) is 2.72. The van der Waals surface area contributed by atoms with E-state index < -0.39 is 15.8 Å². The molecule has 9 heteroatoms. The lowest BCUT2D eigenvalue weighted by atomic mass is 10.1. The van der Waals surface area contributed by atoms with Crippen LogP contribution in [-0.4, -0.2) is 28.9 Å². The van der Waals surface area contributed by atoms with E-state index in [4.69, 9.17) is 5.73 Å². The molecule has 0 aliphatic heterocycles. The van der Waals surface area contributed by atoms with Crippen molar-refractivity contribution in [1.82, 2.24) is 14.5 Å². The second-order valence-corrected chi connectivity index (χ2v) is 9.87.